The summed E-state index contributed by atoms with van der Waals surface area (Å²) in [5.74, 6) is 0. The molecule has 2 aromatic rings. The van der Waals surface area contributed by atoms with E-state index in [1.807, 2.05) is 0 Å². The van der Waals surface area contributed by atoms with E-state index in [1.54, 1.807) is 13.8 Å². The van der Waals surface area contributed by atoms with Crippen molar-refractivity contribution in [3.05, 3.63) is 22.0 Å². The lowest BCUT2D eigenvalue weighted by atomic mass is 10.3. The third-order valence-corrected chi connectivity index (χ3v) is 3.45. The summed E-state index contributed by atoms with van der Waals surface area (Å²) in [5.41, 5.74) is 4.67. The van der Waals surface area contributed by atoms with Crippen molar-refractivity contribution in [1.82, 2.24) is 20.0 Å². The Morgan fingerprint density at radius 2 is 2.00 bits per heavy atom. The van der Waals surface area contributed by atoms with Crippen LogP contribution in [-0.2, 0) is 12.7 Å². The lowest BCUT2D eigenvalue weighted by Gasteiger charge is -2.08. The van der Waals surface area contributed by atoms with Gasteiger partial charge in [-0.05, 0) is 13.8 Å². The molecule has 0 aliphatic rings. The predicted molar refractivity (Wildman–Crippen MR) is 59.4 cm³/mol. The number of alkyl halides is 3. The summed E-state index contributed by atoms with van der Waals surface area (Å²) >= 11 is 1.13. The van der Waals surface area contributed by atoms with Crippen molar-refractivity contribution in [3.63, 3.8) is 0 Å². The number of halogens is 3. The minimum Gasteiger partial charge on any atom is -0.325 e. The van der Waals surface area contributed by atoms with Crippen LogP contribution in [-0.4, -0.2) is 20.0 Å². The SMILES string of the molecule is Cc1nc(-n2nnc(CN)c2C(F)(F)F)sc1C. The number of rotatable bonds is 2. The first-order valence-corrected chi connectivity index (χ1v) is 5.82. The van der Waals surface area contributed by atoms with Crippen molar-refractivity contribution in [2.75, 3.05) is 0 Å². The fraction of sp³-hybridized carbons (Fsp3) is 0.444. The lowest BCUT2D eigenvalue weighted by molar-refractivity contribution is -0.143. The standard InChI is InChI=1S/C9H10F3N5S/c1-4-5(2)18-8(14-4)17-7(9(10,11)12)6(3-13)15-16-17/h3,13H2,1-2H3. The number of aryl methyl sites for hydroxylation is 2. The lowest BCUT2D eigenvalue weighted by Crippen LogP contribution is -2.16. The first kappa shape index (κ1) is 13.0. The summed E-state index contributed by atoms with van der Waals surface area (Å²) in [5, 5.41) is 7.09. The van der Waals surface area contributed by atoms with Gasteiger partial charge in [-0.3, -0.25) is 0 Å². The van der Waals surface area contributed by atoms with Crippen LogP contribution in [0, 0.1) is 13.8 Å². The zero-order valence-corrected chi connectivity index (χ0v) is 10.4. The van der Waals surface area contributed by atoms with Crippen LogP contribution in [0.15, 0.2) is 0 Å². The van der Waals surface area contributed by atoms with E-state index in [4.69, 9.17) is 5.73 Å². The van der Waals surface area contributed by atoms with E-state index in [2.05, 4.69) is 15.3 Å². The third-order valence-electron chi connectivity index (χ3n) is 2.40. The van der Waals surface area contributed by atoms with Crippen LogP contribution >= 0.6 is 11.3 Å². The molecule has 0 saturated carbocycles. The Bertz CT molecular complexity index is 552. The minimum atomic E-state index is -4.56. The van der Waals surface area contributed by atoms with E-state index in [1.165, 1.54) is 0 Å². The normalized spacial score (nSPS) is 12.1. The molecule has 0 aliphatic heterocycles. The number of aromatic nitrogens is 4. The zero-order chi connectivity index (χ0) is 13.5. The van der Waals surface area contributed by atoms with Gasteiger partial charge in [-0.2, -0.15) is 17.9 Å². The smallest absolute Gasteiger partial charge is 0.325 e. The summed E-state index contributed by atoms with van der Waals surface area (Å²) in [6.07, 6.45) is -4.56. The van der Waals surface area contributed by atoms with Gasteiger partial charge in [0.15, 0.2) is 5.69 Å². The first-order chi connectivity index (χ1) is 8.34. The molecule has 0 aliphatic carbocycles. The van der Waals surface area contributed by atoms with E-state index >= 15 is 0 Å². The second kappa shape index (κ2) is 4.32. The van der Waals surface area contributed by atoms with Crippen molar-refractivity contribution in [2.24, 2.45) is 5.73 Å². The largest absolute Gasteiger partial charge is 0.435 e. The molecule has 2 rings (SSSR count). The molecule has 0 bridgehead atoms. The van der Waals surface area contributed by atoms with Crippen LogP contribution < -0.4 is 5.73 Å². The Hall–Kier alpha value is -1.48. The monoisotopic (exact) mass is 277 g/mol. The molecule has 0 saturated heterocycles. The molecule has 0 amide bonds. The van der Waals surface area contributed by atoms with E-state index in [9.17, 15) is 13.2 Å². The number of nitrogens with two attached hydrogens (primary N) is 1. The minimum absolute atomic E-state index is 0.143. The number of hydrogen-bond donors (Lipinski definition) is 1. The molecular formula is C9H10F3N5S. The molecule has 0 atom stereocenters. The van der Waals surface area contributed by atoms with E-state index in [0.717, 1.165) is 16.2 Å². The summed E-state index contributed by atoms with van der Waals surface area (Å²) in [6.45, 7) is 3.19. The van der Waals surface area contributed by atoms with Gasteiger partial charge in [-0.25, -0.2) is 4.98 Å². The van der Waals surface area contributed by atoms with Gasteiger partial charge >= 0.3 is 6.18 Å². The summed E-state index contributed by atoms with van der Waals surface area (Å²) in [4.78, 5) is 4.88. The van der Waals surface area contributed by atoms with Crippen LogP contribution in [0.2, 0.25) is 0 Å². The van der Waals surface area contributed by atoms with Crippen molar-refractivity contribution in [2.45, 2.75) is 26.6 Å². The van der Waals surface area contributed by atoms with Crippen LogP contribution in [0.3, 0.4) is 0 Å². The molecule has 9 heteroatoms. The maximum Gasteiger partial charge on any atom is 0.435 e. The van der Waals surface area contributed by atoms with Crippen molar-refractivity contribution >= 4 is 11.3 Å². The van der Waals surface area contributed by atoms with Crippen molar-refractivity contribution in [1.29, 1.82) is 0 Å². The van der Waals surface area contributed by atoms with Crippen LogP contribution in [0.25, 0.3) is 5.13 Å². The van der Waals surface area contributed by atoms with Gasteiger partial charge in [0.05, 0.1) is 5.69 Å². The molecule has 0 unspecified atom stereocenters. The van der Waals surface area contributed by atoms with Gasteiger partial charge < -0.3 is 5.73 Å². The summed E-state index contributed by atoms with van der Waals surface area (Å²) < 4.78 is 39.5. The van der Waals surface area contributed by atoms with Gasteiger partial charge in [0.25, 0.3) is 0 Å². The van der Waals surface area contributed by atoms with Gasteiger partial charge in [0.2, 0.25) is 5.13 Å². The predicted octanol–water partition coefficient (Wildman–Crippen LogP) is 1.82. The van der Waals surface area contributed by atoms with E-state index < -0.39 is 11.9 Å². The van der Waals surface area contributed by atoms with E-state index in [-0.39, 0.29) is 17.4 Å². The maximum absolute atomic E-state index is 12.9. The highest BCUT2D eigenvalue weighted by Gasteiger charge is 2.40. The molecule has 98 valence electrons. The Morgan fingerprint density at radius 3 is 2.44 bits per heavy atom. The highest BCUT2D eigenvalue weighted by atomic mass is 32.1. The van der Waals surface area contributed by atoms with Gasteiger partial charge in [0, 0.05) is 11.4 Å². The molecular weight excluding hydrogens is 267 g/mol. The Labute approximate surface area is 104 Å². The Morgan fingerprint density at radius 1 is 1.33 bits per heavy atom. The molecule has 0 spiro atoms. The number of hydrogen-bond acceptors (Lipinski definition) is 5. The molecule has 2 heterocycles. The van der Waals surface area contributed by atoms with Crippen LogP contribution in [0.4, 0.5) is 13.2 Å². The summed E-state index contributed by atoms with van der Waals surface area (Å²) in [7, 11) is 0. The quantitative estimate of drug-likeness (QED) is 0.909. The molecule has 2 aromatic heterocycles. The van der Waals surface area contributed by atoms with E-state index in [0.29, 0.717) is 10.4 Å². The second-order valence-electron chi connectivity index (χ2n) is 3.64. The van der Waals surface area contributed by atoms with Crippen molar-refractivity contribution < 1.29 is 13.2 Å². The zero-order valence-electron chi connectivity index (χ0n) is 9.62. The third kappa shape index (κ3) is 2.10. The Kier molecular flexibility index (Phi) is 3.11. The van der Waals surface area contributed by atoms with Crippen molar-refractivity contribution in [3.8, 4) is 5.13 Å². The summed E-state index contributed by atoms with van der Waals surface area (Å²) in [6, 6.07) is 0. The molecule has 18 heavy (non-hydrogen) atoms. The molecule has 0 aromatic carbocycles. The molecule has 0 fully saturated rings. The van der Waals surface area contributed by atoms with Gasteiger partial charge in [-0.1, -0.05) is 16.6 Å². The highest BCUT2D eigenvalue weighted by Crippen LogP contribution is 2.33. The van der Waals surface area contributed by atoms with Crippen LogP contribution in [0.5, 0.6) is 0 Å². The van der Waals surface area contributed by atoms with Crippen LogP contribution in [0.1, 0.15) is 22.0 Å². The number of nitrogens with zero attached hydrogens (tertiary/aromatic N) is 4. The fourth-order valence-electron chi connectivity index (χ4n) is 1.41. The van der Waals surface area contributed by atoms with Gasteiger partial charge in [0.1, 0.15) is 5.69 Å². The fourth-order valence-corrected chi connectivity index (χ4v) is 2.28. The molecule has 0 radical (unpaired) electrons. The molecule has 2 N–H and O–H groups in total. The molecule has 5 nitrogen and oxygen atoms in total. The number of thiazole rings is 1. The Balaban J connectivity index is 2.61. The second-order valence-corrected chi connectivity index (χ2v) is 4.82. The van der Waals surface area contributed by atoms with Gasteiger partial charge in [-0.15, -0.1) is 5.10 Å². The average molecular weight is 277 g/mol. The highest BCUT2D eigenvalue weighted by molar-refractivity contribution is 7.14. The topological polar surface area (TPSA) is 69.6 Å². The maximum atomic E-state index is 12.9. The average Bonchev–Trinajstić information content (AvgIpc) is 2.82. The first-order valence-electron chi connectivity index (χ1n) is 5.01.